The summed E-state index contributed by atoms with van der Waals surface area (Å²) in [5, 5.41) is 3.52. The molecule has 1 aromatic carbocycles. The molecule has 1 heterocycles. The highest BCUT2D eigenvalue weighted by atomic mass is 14.9. The summed E-state index contributed by atoms with van der Waals surface area (Å²) >= 11 is 0. The van der Waals surface area contributed by atoms with Gasteiger partial charge in [-0.15, -0.1) is 0 Å². The number of hydrogen-bond donors (Lipinski definition) is 1. The molecule has 0 spiro atoms. The molecule has 0 saturated heterocycles. The van der Waals surface area contributed by atoms with Crippen molar-refractivity contribution in [3.8, 4) is 0 Å². The number of nitrogens with zero attached hydrogens (tertiary/aromatic N) is 1. The molecule has 2 rings (SSSR count). The standard InChI is InChI=1S/C18H24N2/c1-14(2)4-5-16-6-8-18(9-7-16)20-15(3)17-10-12-19-13-11-17/h6-15,20H,4-5H2,1-3H3. The van der Waals surface area contributed by atoms with Crippen molar-refractivity contribution in [3.05, 3.63) is 59.9 Å². The second-order valence-corrected chi connectivity index (χ2v) is 5.78. The third kappa shape index (κ3) is 4.37. The van der Waals surface area contributed by atoms with E-state index in [1.807, 2.05) is 12.4 Å². The molecular formula is C18H24N2. The molecule has 2 heteroatoms. The molecule has 0 aliphatic rings. The van der Waals surface area contributed by atoms with Crippen molar-refractivity contribution in [3.63, 3.8) is 0 Å². The Balaban J connectivity index is 1.93. The fourth-order valence-corrected chi connectivity index (χ4v) is 2.21. The summed E-state index contributed by atoms with van der Waals surface area (Å²) in [4.78, 5) is 4.05. The second-order valence-electron chi connectivity index (χ2n) is 5.78. The molecule has 0 aliphatic carbocycles. The summed E-state index contributed by atoms with van der Waals surface area (Å²) < 4.78 is 0. The largest absolute Gasteiger partial charge is 0.379 e. The summed E-state index contributed by atoms with van der Waals surface area (Å²) in [6, 6.07) is 13.2. The van der Waals surface area contributed by atoms with Crippen LogP contribution < -0.4 is 5.32 Å². The first-order valence-corrected chi connectivity index (χ1v) is 7.40. The van der Waals surface area contributed by atoms with Gasteiger partial charge < -0.3 is 5.32 Å². The molecular weight excluding hydrogens is 244 g/mol. The predicted molar refractivity (Wildman–Crippen MR) is 85.9 cm³/mol. The van der Waals surface area contributed by atoms with E-state index in [0.29, 0.717) is 6.04 Å². The lowest BCUT2D eigenvalue weighted by Gasteiger charge is -2.16. The molecule has 1 N–H and O–H groups in total. The van der Waals surface area contributed by atoms with E-state index in [-0.39, 0.29) is 0 Å². The lowest BCUT2D eigenvalue weighted by Crippen LogP contribution is -2.06. The van der Waals surface area contributed by atoms with E-state index in [1.54, 1.807) is 0 Å². The fraction of sp³-hybridized carbons (Fsp3) is 0.389. The average Bonchev–Trinajstić information content (AvgIpc) is 2.47. The Bertz CT molecular complexity index is 503. The SMILES string of the molecule is CC(C)CCc1ccc(NC(C)c2ccncc2)cc1. The quantitative estimate of drug-likeness (QED) is 0.810. The van der Waals surface area contributed by atoms with Crippen LogP contribution in [-0.4, -0.2) is 4.98 Å². The van der Waals surface area contributed by atoms with Crippen molar-refractivity contribution in [1.82, 2.24) is 4.98 Å². The molecule has 0 amide bonds. The van der Waals surface area contributed by atoms with Gasteiger partial charge in [-0.25, -0.2) is 0 Å². The van der Waals surface area contributed by atoms with Crippen molar-refractivity contribution in [2.75, 3.05) is 5.32 Å². The minimum Gasteiger partial charge on any atom is -0.379 e. The van der Waals surface area contributed by atoms with Crippen LogP contribution in [0.1, 0.15) is 44.4 Å². The number of benzene rings is 1. The highest BCUT2D eigenvalue weighted by Crippen LogP contribution is 2.19. The monoisotopic (exact) mass is 268 g/mol. The summed E-state index contributed by atoms with van der Waals surface area (Å²) in [5.41, 5.74) is 3.84. The van der Waals surface area contributed by atoms with E-state index < -0.39 is 0 Å². The summed E-state index contributed by atoms with van der Waals surface area (Å²) in [6.45, 7) is 6.71. The highest BCUT2D eigenvalue weighted by Gasteiger charge is 2.04. The average molecular weight is 268 g/mol. The van der Waals surface area contributed by atoms with Gasteiger partial charge in [0.15, 0.2) is 0 Å². The number of pyridine rings is 1. The van der Waals surface area contributed by atoms with Crippen LogP contribution in [0.3, 0.4) is 0 Å². The van der Waals surface area contributed by atoms with Crippen LogP contribution in [0.2, 0.25) is 0 Å². The van der Waals surface area contributed by atoms with Gasteiger partial charge in [-0.05, 0) is 61.1 Å². The number of rotatable bonds is 6. The first kappa shape index (κ1) is 14.6. The van der Waals surface area contributed by atoms with Crippen LogP contribution in [0.15, 0.2) is 48.8 Å². The highest BCUT2D eigenvalue weighted by molar-refractivity contribution is 5.46. The van der Waals surface area contributed by atoms with Crippen molar-refractivity contribution in [1.29, 1.82) is 0 Å². The number of anilines is 1. The molecule has 0 aliphatic heterocycles. The van der Waals surface area contributed by atoms with Gasteiger partial charge in [-0.2, -0.15) is 0 Å². The molecule has 2 nitrogen and oxygen atoms in total. The van der Waals surface area contributed by atoms with Gasteiger partial charge in [-0.1, -0.05) is 26.0 Å². The Kier molecular flexibility index (Phi) is 5.16. The minimum absolute atomic E-state index is 0.291. The van der Waals surface area contributed by atoms with Crippen LogP contribution in [-0.2, 0) is 6.42 Å². The van der Waals surface area contributed by atoms with Gasteiger partial charge in [0.05, 0.1) is 0 Å². The van der Waals surface area contributed by atoms with Crippen molar-refractivity contribution < 1.29 is 0 Å². The summed E-state index contributed by atoms with van der Waals surface area (Å²) in [7, 11) is 0. The number of hydrogen-bond acceptors (Lipinski definition) is 2. The van der Waals surface area contributed by atoms with Crippen molar-refractivity contribution in [2.24, 2.45) is 5.92 Å². The maximum absolute atomic E-state index is 4.05. The van der Waals surface area contributed by atoms with Gasteiger partial charge in [-0.3, -0.25) is 4.98 Å². The molecule has 0 radical (unpaired) electrons. The third-order valence-corrected chi connectivity index (χ3v) is 3.55. The van der Waals surface area contributed by atoms with Crippen LogP contribution in [0.25, 0.3) is 0 Å². The van der Waals surface area contributed by atoms with Crippen LogP contribution >= 0.6 is 0 Å². The fourth-order valence-electron chi connectivity index (χ4n) is 2.21. The maximum atomic E-state index is 4.05. The third-order valence-electron chi connectivity index (χ3n) is 3.55. The number of aryl methyl sites for hydroxylation is 1. The molecule has 1 atom stereocenters. The molecule has 0 fully saturated rings. The predicted octanol–water partition coefficient (Wildman–Crippen LogP) is 4.84. The Morgan fingerprint density at radius 3 is 2.20 bits per heavy atom. The maximum Gasteiger partial charge on any atom is 0.0486 e. The topological polar surface area (TPSA) is 24.9 Å². The Hall–Kier alpha value is -1.83. The lowest BCUT2D eigenvalue weighted by molar-refractivity contribution is 0.587. The Morgan fingerprint density at radius 2 is 1.60 bits per heavy atom. The summed E-state index contributed by atoms with van der Waals surface area (Å²) in [6.07, 6.45) is 6.09. The molecule has 1 aromatic heterocycles. The summed E-state index contributed by atoms with van der Waals surface area (Å²) in [5.74, 6) is 0.763. The van der Waals surface area contributed by atoms with Gasteiger partial charge in [0.25, 0.3) is 0 Å². The van der Waals surface area contributed by atoms with Crippen molar-refractivity contribution in [2.45, 2.75) is 39.7 Å². The van der Waals surface area contributed by atoms with Crippen molar-refractivity contribution >= 4 is 5.69 Å². The van der Waals surface area contributed by atoms with Gasteiger partial charge in [0.2, 0.25) is 0 Å². The smallest absolute Gasteiger partial charge is 0.0486 e. The van der Waals surface area contributed by atoms with E-state index in [0.717, 1.165) is 12.3 Å². The van der Waals surface area contributed by atoms with E-state index in [4.69, 9.17) is 0 Å². The Morgan fingerprint density at radius 1 is 0.950 bits per heavy atom. The van der Waals surface area contributed by atoms with E-state index in [1.165, 1.54) is 23.2 Å². The first-order valence-electron chi connectivity index (χ1n) is 7.40. The molecule has 0 saturated carbocycles. The molecule has 2 aromatic rings. The van der Waals surface area contributed by atoms with E-state index >= 15 is 0 Å². The van der Waals surface area contributed by atoms with Crippen LogP contribution in [0.4, 0.5) is 5.69 Å². The zero-order valence-electron chi connectivity index (χ0n) is 12.6. The first-order chi connectivity index (χ1) is 9.65. The number of nitrogens with one attached hydrogen (secondary N) is 1. The zero-order chi connectivity index (χ0) is 14.4. The van der Waals surface area contributed by atoms with Crippen LogP contribution in [0, 0.1) is 5.92 Å². The zero-order valence-corrected chi connectivity index (χ0v) is 12.6. The molecule has 106 valence electrons. The lowest BCUT2D eigenvalue weighted by atomic mass is 10.0. The van der Waals surface area contributed by atoms with Gasteiger partial charge in [0, 0.05) is 24.1 Å². The van der Waals surface area contributed by atoms with E-state index in [9.17, 15) is 0 Å². The number of aromatic nitrogens is 1. The van der Waals surface area contributed by atoms with E-state index in [2.05, 4.69) is 67.5 Å². The van der Waals surface area contributed by atoms with Gasteiger partial charge in [0.1, 0.15) is 0 Å². The minimum atomic E-state index is 0.291. The Labute approximate surface area is 122 Å². The normalized spacial score (nSPS) is 12.4. The molecule has 1 unspecified atom stereocenters. The van der Waals surface area contributed by atoms with Gasteiger partial charge >= 0.3 is 0 Å². The molecule has 20 heavy (non-hydrogen) atoms. The molecule has 0 bridgehead atoms. The second kappa shape index (κ2) is 7.09. The van der Waals surface area contributed by atoms with Crippen LogP contribution in [0.5, 0.6) is 0 Å².